The number of benzene rings is 1. The van der Waals surface area contributed by atoms with Crippen molar-refractivity contribution in [2.24, 2.45) is 0 Å². The number of rotatable bonds is 3. The highest BCUT2D eigenvalue weighted by molar-refractivity contribution is 5.87. The van der Waals surface area contributed by atoms with E-state index in [0.29, 0.717) is 0 Å². The van der Waals surface area contributed by atoms with Crippen LogP contribution in [0.2, 0.25) is 0 Å². The fourth-order valence-corrected chi connectivity index (χ4v) is 2.58. The third kappa shape index (κ3) is 2.52. The Hall–Kier alpha value is -2.30. The third-order valence-electron chi connectivity index (χ3n) is 3.70. The molecule has 2 N–H and O–H groups in total. The van der Waals surface area contributed by atoms with Crippen molar-refractivity contribution in [2.75, 3.05) is 18.0 Å². The highest BCUT2D eigenvalue weighted by Crippen LogP contribution is 2.20. The van der Waals surface area contributed by atoms with E-state index in [4.69, 9.17) is 0 Å². The average Bonchev–Trinajstić information content (AvgIpc) is 2.91. The molecule has 1 aliphatic rings. The molecule has 1 aliphatic heterocycles. The van der Waals surface area contributed by atoms with Gasteiger partial charge in [-0.2, -0.15) is 0 Å². The van der Waals surface area contributed by atoms with Crippen LogP contribution in [0.3, 0.4) is 0 Å². The number of hydrogen-bond acceptors (Lipinski definition) is 3. The molecule has 1 aromatic carbocycles. The Morgan fingerprint density at radius 1 is 1.40 bits per heavy atom. The van der Waals surface area contributed by atoms with Crippen molar-refractivity contribution < 1.29 is 4.79 Å². The standard InChI is InChI=1S/C15H18N4O/c1-2-14(20)16-11-7-9-19(10-8-11)15-17-12-5-3-4-6-13(12)18-15/h2-6,11H,1,7-10H2,(H,16,20)(H,17,18). The number of aromatic amines is 1. The van der Waals surface area contributed by atoms with E-state index >= 15 is 0 Å². The molecular formula is C15H18N4O. The number of carbonyl (C=O) groups is 1. The molecule has 3 rings (SSSR count). The van der Waals surface area contributed by atoms with Crippen molar-refractivity contribution in [3.8, 4) is 0 Å². The number of imidazole rings is 1. The van der Waals surface area contributed by atoms with E-state index < -0.39 is 0 Å². The minimum absolute atomic E-state index is 0.0906. The summed E-state index contributed by atoms with van der Waals surface area (Å²) in [6, 6.07) is 8.27. The number of amides is 1. The lowest BCUT2D eigenvalue weighted by molar-refractivity contribution is -0.117. The number of anilines is 1. The van der Waals surface area contributed by atoms with Gasteiger partial charge in [0.2, 0.25) is 11.9 Å². The lowest BCUT2D eigenvalue weighted by atomic mass is 10.1. The maximum absolute atomic E-state index is 11.3. The molecule has 0 unspecified atom stereocenters. The first-order valence-corrected chi connectivity index (χ1v) is 6.89. The molecule has 5 heteroatoms. The van der Waals surface area contributed by atoms with Gasteiger partial charge in [-0.1, -0.05) is 18.7 Å². The highest BCUT2D eigenvalue weighted by atomic mass is 16.1. The van der Waals surface area contributed by atoms with Gasteiger partial charge in [-0.25, -0.2) is 4.98 Å². The first kappa shape index (κ1) is 12.7. The first-order chi connectivity index (χ1) is 9.76. The molecular weight excluding hydrogens is 252 g/mol. The minimum atomic E-state index is -0.0906. The Labute approximate surface area is 117 Å². The molecule has 2 aromatic rings. The van der Waals surface area contributed by atoms with Crippen LogP contribution in [-0.2, 0) is 4.79 Å². The zero-order valence-corrected chi connectivity index (χ0v) is 11.3. The molecule has 20 heavy (non-hydrogen) atoms. The molecule has 0 saturated carbocycles. The number of carbonyl (C=O) groups excluding carboxylic acids is 1. The lowest BCUT2D eigenvalue weighted by Gasteiger charge is -2.31. The molecule has 1 fully saturated rings. The van der Waals surface area contributed by atoms with Crippen LogP contribution in [0.1, 0.15) is 12.8 Å². The summed E-state index contributed by atoms with van der Waals surface area (Å²) >= 11 is 0. The van der Waals surface area contributed by atoms with E-state index in [1.165, 1.54) is 6.08 Å². The smallest absolute Gasteiger partial charge is 0.243 e. The van der Waals surface area contributed by atoms with Crippen LogP contribution < -0.4 is 10.2 Å². The Bertz CT molecular complexity index is 593. The molecule has 0 atom stereocenters. The average molecular weight is 270 g/mol. The van der Waals surface area contributed by atoms with E-state index in [1.807, 2.05) is 24.3 Å². The number of nitrogens with zero attached hydrogens (tertiary/aromatic N) is 2. The number of H-pyrrole nitrogens is 1. The molecule has 0 radical (unpaired) electrons. The highest BCUT2D eigenvalue weighted by Gasteiger charge is 2.21. The number of para-hydroxylation sites is 2. The van der Waals surface area contributed by atoms with Crippen LogP contribution >= 0.6 is 0 Å². The van der Waals surface area contributed by atoms with Crippen molar-refractivity contribution in [1.82, 2.24) is 15.3 Å². The Kier molecular flexibility index (Phi) is 3.41. The van der Waals surface area contributed by atoms with Gasteiger partial charge in [0.05, 0.1) is 11.0 Å². The van der Waals surface area contributed by atoms with Crippen LogP contribution in [0, 0.1) is 0 Å². The SMILES string of the molecule is C=CC(=O)NC1CCN(c2nc3ccccc3[nH]2)CC1. The van der Waals surface area contributed by atoms with Gasteiger partial charge >= 0.3 is 0 Å². The van der Waals surface area contributed by atoms with E-state index in [2.05, 4.69) is 26.8 Å². The number of piperidine rings is 1. The third-order valence-corrected chi connectivity index (χ3v) is 3.70. The van der Waals surface area contributed by atoms with Crippen LogP contribution in [0.4, 0.5) is 5.95 Å². The Balaban J connectivity index is 1.65. The van der Waals surface area contributed by atoms with Crippen LogP contribution in [0.15, 0.2) is 36.9 Å². The molecule has 104 valence electrons. The second-order valence-electron chi connectivity index (χ2n) is 5.05. The van der Waals surface area contributed by atoms with Crippen LogP contribution in [0.25, 0.3) is 11.0 Å². The monoisotopic (exact) mass is 270 g/mol. The molecule has 1 aromatic heterocycles. The molecule has 0 aliphatic carbocycles. The van der Waals surface area contributed by atoms with Gasteiger partial charge in [0.1, 0.15) is 0 Å². The van der Waals surface area contributed by atoms with Crippen molar-refractivity contribution in [2.45, 2.75) is 18.9 Å². The second-order valence-corrected chi connectivity index (χ2v) is 5.05. The summed E-state index contributed by atoms with van der Waals surface area (Å²) in [5.74, 6) is 0.826. The fraction of sp³-hybridized carbons (Fsp3) is 0.333. The van der Waals surface area contributed by atoms with E-state index in [-0.39, 0.29) is 11.9 Å². The maximum Gasteiger partial charge on any atom is 0.243 e. The van der Waals surface area contributed by atoms with Gasteiger partial charge in [0, 0.05) is 19.1 Å². The Morgan fingerprint density at radius 2 is 2.15 bits per heavy atom. The summed E-state index contributed by atoms with van der Waals surface area (Å²) in [4.78, 5) is 21.5. The normalized spacial score (nSPS) is 16.3. The predicted molar refractivity (Wildman–Crippen MR) is 79.7 cm³/mol. The number of nitrogens with one attached hydrogen (secondary N) is 2. The van der Waals surface area contributed by atoms with Gasteiger partial charge in [0.15, 0.2) is 0 Å². The summed E-state index contributed by atoms with van der Waals surface area (Å²) in [5, 5.41) is 2.95. The van der Waals surface area contributed by atoms with Crippen molar-refractivity contribution in [1.29, 1.82) is 0 Å². The van der Waals surface area contributed by atoms with Crippen molar-refractivity contribution in [3.05, 3.63) is 36.9 Å². The van der Waals surface area contributed by atoms with Crippen LogP contribution in [0.5, 0.6) is 0 Å². The number of hydrogen-bond donors (Lipinski definition) is 2. The van der Waals surface area contributed by atoms with Gasteiger partial charge in [0.25, 0.3) is 0 Å². The molecule has 2 heterocycles. The molecule has 5 nitrogen and oxygen atoms in total. The van der Waals surface area contributed by atoms with Crippen LogP contribution in [-0.4, -0.2) is 35.0 Å². The van der Waals surface area contributed by atoms with Gasteiger partial charge in [-0.05, 0) is 31.1 Å². The summed E-state index contributed by atoms with van der Waals surface area (Å²) < 4.78 is 0. The first-order valence-electron chi connectivity index (χ1n) is 6.89. The zero-order valence-electron chi connectivity index (χ0n) is 11.3. The van der Waals surface area contributed by atoms with E-state index in [1.54, 1.807) is 0 Å². The predicted octanol–water partition coefficient (Wildman–Crippen LogP) is 1.83. The zero-order chi connectivity index (χ0) is 13.9. The van der Waals surface area contributed by atoms with Gasteiger partial charge in [-0.3, -0.25) is 4.79 Å². The second kappa shape index (κ2) is 5.36. The number of aromatic nitrogens is 2. The molecule has 0 bridgehead atoms. The summed E-state index contributed by atoms with van der Waals surface area (Å²) in [6.45, 7) is 5.26. The van der Waals surface area contributed by atoms with E-state index in [9.17, 15) is 4.79 Å². The summed E-state index contributed by atoms with van der Waals surface area (Å²) in [6.07, 6.45) is 3.18. The number of fused-ring (bicyclic) bond motifs is 1. The van der Waals surface area contributed by atoms with Gasteiger partial charge in [-0.15, -0.1) is 0 Å². The lowest BCUT2D eigenvalue weighted by Crippen LogP contribution is -2.44. The van der Waals surface area contributed by atoms with E-state index in [0.717, 1.165) is 42.9 Å². The van der Waals surface area contributed by atoms with Crippen molar-refractivity contribution in [3.63, 3.8) is 0 Å². The maximum atomic E-state index is 11.3. The summed E-state index contributed by atoms with van der Waals surface area (Å²) in [5.41, 5.74) is 2.05. The van der Waals surface area contributed by atoms with Crippen molar-refractivity contribution >= 4 is 22.9 Å². The summed E-state index contributed by atoms with van der Waals surface area (Å²) in [7, 11) is 0. The largest absolute Gasteiger partial charge is 0.350 e. The molecule has 1 amide bonds. The van der Waals surface area contributed by atoms with Gasteiger partial charge < -0.3 is 15.2 Å². The molecule has 0 spiro atoms. The molecule has 1 saturated heterocycles. The Morgan fingerprint density at radius 3 is 2.85 bits per heavy atom. The quantitative estimate of drug-likeness (QED) is 0.837. The fourth-order valence-electron chi connectivity index (χ4n) is 2.58. The minimum Gasteiger partial charge on any atom is -0.350 e. The topological polar surface area (TPSA) is 61.0 Å².